The van der Waals surface area contributed by atoms with Crippen LogP contribution in [0.15, 0.2) is 30.3 Å². The summed E-state index contributed by atoms with van der Waals surface area (Å²) in [6, 6.07) is 9.15. The largest absolute Gasteiger partial charge is 0.480 e. The topological polar surface area (TPSA) is 119 Å². The van der Waals surface area contributed by atoms with E-state index in [1.54, 1.807) is 6.92 Å². The van der Waals surface area contributed by atoms with E-state index in [4.69, 9.17) is 4.74 Å². The second-order valence-electron chi connectivity index (χ2n) is 10.7. The van der Waals surface area contributed by atoms with Crippen molar-refractivity contribution in [3.63, 3.8) is 0 Å². The van der Waals surface area contributed by atoms with Gasteiger partial charge in [0.1, 0.15) is 12.6 Å². The van der Waals surface area contributed by atoms with Gasteiger partial charge in [-0.3, -0.25) is 14.5 Å². The molecule has 3 heterocycles. The van der Waals surface area contributed by atoms with Crippen LogP contribution in [0.2, 0.25) is 0 Å². The van der Waals surface area contributed by atoms with Gasteiger partial charge in [0.25, 0.3) is 0 Å². The first-order valence-corrected chi connectivity index (χ1v) is 14.2. The van der Waals surface area contributed by atoms with Crippen molar-refractivity contribution in [2.24, 2.45) is 0 Å². The zero-order valence-corrected chi connectivity index (χ0v) is 23.7. The number of nitrogens with zero attached hydrogens (tertiary/aromatic N) is 3. The van der Waals surface area contributed by atoms with Crippen molar-refractivity contribution in [3.8, 4) is 0 Å². The second kappa shape index (κ2) is 14.3. The highest BCUT2D eigenvalue weighted by atomic mass is 16.6. The first-order chi connectivity index (χ1) is 18.7. The molecule has 216 valence electrons. The van der Waals surface area contributed by atoms with Crippen LogP contribution in [0, 0.1) is 0 Å². The number of carboxylic acids is 1. The monoisotopic (exact) mass is 544 g/mol. The fraction of sp³-hybridized carbons (Fsp3) is 0.655. The maximum absolute atomic E-state index is 12.4. The zero-order chi connectivity index (χ0) is 28.5. The maximum Gasteiger partial charge on any atom is 0.411 e. The molecule has 1 aromatic rings. The number of carbonyl (C=O) groups excluding carboxylic acids is 3. The summed E-state index contributed by atoms with van der Waals surface area (Å²) < 4.78 is 5.25. The molecule has 5 atom stereocenters. The first-order valence-electron chi connectivity index (χ1n) is 14.2. The van der Waals surface area contributed by atoms with Gasteiger partial charge in [-0.25, -0.2) is 9.59 Å². The van der Waals surface area contributed by atoms with Gasteiger partial charge < -0.3 is 25.0 Å². The predicted molar refractivity (Wildman–Crippen MR) is 147 cm³/mol. The highest BCUT2D eigenvalue weighted by Gasteiger charge is 2.41. The Hall–Kier alpha value is -3.14. The smallest absolute Gasteiger partial charge is 0.411 e. The Balaban J connectivity index is 0.000000216. The van der Waals surface area contributed by atoms with E-state index in [0.717, 1.165) is 31.2 Å². The Morgan fingerprint density at radius 2 is 1.72 bits per heavy atom. The van der Waals surface area contributed by atoms with E-state index in [2.05, 4.69) is 12.2 Å². The van der Waals surface area contributed by atoms with Crippen molar-refractivity contribution in [1.29, 1.82) is 0 Å². The summed E-state index contributed by atoms with van der Waals surface area (Å²) in [6.45, 7) is 9.86. The molecule has 0 unspecified atom stereocenters. The van der Waals surface area contributed by atoms with Crippen molar-refractivity contribution in [2.75, 3.05) is 19.6 Å². The van der Waals surface area contributed by atoms with Crippen LogP contribution < -0.4 is 5.32 Å². The summed E-state index contributed by atoms with van der Waals surface area (Å²) in [4.78, 5) is 52.4. The number of aliphatic carboxylic acids is 1. The summed E-state index contributed by atoms with van der Waals surface area (Å²) in [7, 11) is 0. The fourth-order valence-corrected chi connectivity index (χ4v) is 5.78. The number of benzene rings is 1. The molecule has 39 heavy (non-hydrogen) atoms. The number of likely N-dealkylation sites (tertiary alicyclic amines) is 1. The van der Waals surface area contributed by atoms with Gasteiger partial charge in [0, 0.05) is 44.7 Å². The molecule has 3 saturated heterocycles. The number of carboxylic acid groups (broad SMARTS) is 1. The highest BCUT2D eigenvalue weighted by molar-refractivity contribution is 5.83. The normalized spacial score (nSPS) is 26.6. The van der Waals surface area contributed by atoms with Crippen LogP contribution in [0.1, 0.15) is 71.8 Å². The van der Waals surface area contributed by atoms with Crippen LogP contribution in [0.4, 0.5) is 4.79 Å². The second-order valence-corrected chi connectivity index (χ2v) is 10.7. The number of carbonyl (C=O) groups is 4. The summed E-state index contributed by atoms with van der Waals surface area (Å²) >= 11 is 0. The molecule has 1 aromatic carbocycles. The molecular weight excluding hydrogens is 500 g/mol. The zero-order valence-electron chi connectivity index (χ0n) is 23.7. The van der Waals surface area contributed by atoms with E-state index in [-0.39, 0.29) is 36.5 Å². The molecule has 0 radical (unpaired) electrons. The summed E-state index contributed by atoms with van der Waals surface area (Å²) in [5, 5.41) is 12.6. The van der Waals surface area contributed by atoms with Crippen LogP contribution >= 0.6 is 0 Å². The first kappa shape index (κ1) is 30.4. The van der Waals surface area contributed by atoms with Gasteiger partial charge in [-0.1, -0.05) is 44.2 Å². The van der Waals surface area contributed by atoms with E-state index in [9.17, 15) is 24.3 Å². The SMILES string of the molecule is CC[C@@H]1CC[C@@H](C(=O)N2CCN(C(C)=O)[C@H](C)C2)N1.CC[C@@H]1CC[C@@H](C(=O)O)N1C(=O)OCc1ccccc1. The lowest BCUT2D eigenvalue weighted by Gasteiger charge is -2.40. The molecule has 0 saturated carbocycles. The summed E-state index contributed by atoms with van der Waals surface area (Å²) in [5.74, 6) is -0.645. The molecule has 3 amide bonds. The molecule has 3 fully saturated rings. The number of ether oxygens (including phenoxy) is 1. The lowest BCUT2D eigenvalue weighted by Crippen LogP contribution is -2.57. The van der Waals surface area contributed by atoms with Crippen LogP contribution in [-0.2, 0) is 25.7 Å². The Morgan fingerprint density at radius 1 is 1.00 bits per heavy atom. The molecule has 3 aliphatic heterocycles. The fourth-order valence-electron chi connectivity index (χ4n) is 5.78. The molecule has 2 N–H and O–H groups in total. The molecular formula is C29H44N4O6. The predicted octanol–water partition coefficient (Wildman–Crippen LogP) is 3.25. The van der Waals surface area contributed by atoms with Gasteiger partial charge in [0.05, 0.1) is 6.04 Å². The lowest BCUT2D eigenvalue weighted by atomic mass is 10.1. The van der Waals surface area contributed by atoms with Crippen molar-refractivity contribution in [3.05, 3.63) is 35.9 Å². The number of hydrogen-bond donors (Lipinski definition) is 2. The molecule has 0 aliphatic carbocycles. The van der Waals surface area contributed by atoms with Gasteiger partial charge in [-0.15, -0.1) is 0 Å². The molecule has 10 heteroatoms. The minimum absolute atomic E-state index is 0.0129. The Kier molecular flexibility index (Phi) is 11.2. The number of piperazine rings is 1. The summed E-state index contributed by atoms with van der Waals surface area (Å²) in [6.07, 6.45) is 4.53. The van der Waals surface area contributed by atoms with Crippen LogP contribution in [0.3, 0.4) is 0 Å². The van der Waals surface area contributed by atoms with Crippen LogP contribution in [-0.4, -0.2) is 93.5 Å². The number of amides is 3. The average molecular weight is 545 g/mol. The average Bonchev–Trinajstić information content (AvgIpc) is 3.59. The molecule has 0 aromatic heterocycles. The standard InChI is InChI=1S/C15H19NO4.C14H25N3O2/c1-2-12-8-9-13(14(17)18)16(12)15(19)20-10-11-6-4-3-5-7-11;1-4-12-5-6-13(15-12)14(19)16-7-8-17(11(3)18)10(2)9-16/h3-7,12-13H,2,8-10H2,1H3,(H,17,18);10,12-13,15H,4-9H2,1-3H3/t12-,13+;10-,12-,13+/m11/s1. The van der Waals surface area contributed by atoms with Gasteiger partial charge in [0.15, 0.2) is 0 Å². The number of hydrogen-bond acceptors (Lipinski definition) is 6. The quantitative estimate of drug-likeness (QED) is 0.564. The third kappa shape index (κ3) is 7.94. The summed E-state index contributed by atoms with van der Waals surface area (Å²) in [5.41, 5.74) is 0.889. The Labute approximate surface area is 231 Å². The highest BCUT2D eigenvalue weighted by Crippen LogP contribution is 2.27. The van der Waals surface area contributed by atoms with Crippen molar-refractivity contribution >= 4 is 23.9 Å². The third-order valence-electron chi connectivity index (χ3n) is 8.05. The third-order valence-corrected chi connectivity index (χ3v) is 8.05. The van der Waals surface area contributed by atoms with Gasteiger partial charge in [-0.05, 0) is 51.0 Å². The van der Waals surface area contributed by atoms with E-state index < -0.39 is 18.1 Å². The van der Waals surface area contributed by atoms with E-state index in [1.165, 1.54) is 4.90 Å². The Morgan fingerprint density at radius 3 is 2.28 bits per heavy atom. The van der Waals surface area contributed by atoms with Crippen molar-refractivity contribution in [1.82, 2.24) is 20.0 Å². The van der Waals surface area contributed by atoms with Gasteiger partial charge in [0.2, 0.25) is 11.8 Å². The van der Waals surface area contributed by atoms with Crippen molar-refractivity contribution in [2.45, 2.75) is 103 Å². The van der Waals surface area contributed by atoms with Crippen LogP contribution in [0.5, 0.6) is 0 Å². The maximum atomic E-state index is 12.4. The van der Waals surface area contributed by atoms with Crippen molar-refractivity contribution < 1.29 is 29.0 Å². The minimum atomic E-state index is -0.961. The van der Waals surface area contributed by atoms with E-state index >= 15 is 0 Å². The minimum Gasteiger partial charge on any atom is -0.480 e. The van der Waals surface area contributed by atoms with Gasteiger partial charge in [-0.2, -0.15) is 0 Å². The molecule has 0 spiro atoms. The molecule has 0 bridgehead atoms. The molecule has 10 nitrogen and oxygen atoms in total. The van der Waals surface area contributed by atoms with Crippen LogP contribution in [0.25, 0.3) is 0 Å². The lowest BCUT2D eigenvalue weighted by molar-refractivity contribution is -0.142. The number of nitrogens with one attached hydrogen (secondary N) is 1. The Bertz CT molecular complexity index is 989. The van der Waals surface area contributed by atoms with E-state index in [0.29, 0.717) is 38.5 Å². The van der Waals surface area contributed by atoms with Gasteiger partial charge >= 0.3 is 12.1 Å². The molecule has 4 rings (SSSR count). The molecule has 3 aliphatic rings. The number of rotatable bonds is 6. The van der Waals surface area contributed by atoms with E-state index in [1.807, 2.05) is 54.0 Å².